The molecule has 2 amide bonds. The minimum absolute atomic E-state index is 0.103. The molecule has 0 aromatic carbocycles. The van der Waals surface area contributed by atoms with Crippen molar-refractivity contribution >= 4 is 24.2 Å². The molecular formula is C16H27N3O5. The predicted octanol–water partition coefficient (Wildman–Crippen LogP) is 1.73. The summed E-state index contributed by atoms with van der Waals surface area (Å²) < 4.78 is 10.5. The van der Waals surface area contributed by atoms with Crippen LogP contribution in [0.3, 0.4) is 0 Å². The van der Waals surface area contributed by atoms with Crippen molar-refractivity contribution < 1.29 is 23.9 Å². The maximum Gasteiger partial charge on any atom is 0.408 e. The van der Waals surface area contributed by atoms with Gasteiger partial charge in [0.15, 0.2) is 0 Å². The summed E-state index contributed by atoms with van der Waals surface area (Å²) in [6, 6.07) is -0.985. The van der Waals surface area contributed by atoms with Crippen LogP contribution in [-0.2, 0) is 19.1 Å². The molecule has 8 heteroatoms. The van der Waals surface area contributed by atoms with Gasteiger partial charge in [0.25, 0.3) is 0 Å². The number of rotatable bonds is 4. The van der Waals surface area contributed by atoms with Crippen molar-refractivity contribution in [2.45, 2.75) is 71.6 Å². The summed E-state index contributed by atoms with van der Waals surface area (Å²) in [7, 11) is 0. The Hall–Kier alpha value is -2.12. The zero-order valence-electron chi connectivity index (χ0n) is 15.1. The molecule has 136 valence electrons. The van der Waals surface area contributed by atoms with Gasteiger partial charge in [-0.2, -0.15) is 5.10 Å². The van der Waals surface area contributed by atoms with Gasteiger partial charge in [0, 0.05) is 12.1 Å². The van der Waals surface area contributed by atoms with E-state index in [4.69, 9.17) is 9.47 Å². The van der Waals surface area contributed by atoms with E-state index in [0.717, 1.165) is 0 Å². The van der Waals surface area contributed by atoms with Crippen LogP contribution >= 0.6 is 0 Å². The summed E-state index contributed by atoms with van der Waals surface area (Å²) >= 11 is 0. The lowest BCUT2D eigenvalue weighted by atomic mass is 9.95. The molecule has 1 rings (SSSR count). The van der Waals surface area contributed by atoms with E-state index < -0.39 is 35.2 Å². The van der Waals surface area contributed by atoms with Crippen LogP contribution in [0.5, 0.6) is 0 Å². The molecule has 8 nitrogen and oxygen atoms in total. The molecule has 0 aromatic heterocycles. The first-order chi connectivity index (χ1) is 10.9. The highest BCUT2D eigenvalue weighted by Crippen LogP contribution is 2.17. The van der Waals surface area contributed by atoms with E-state index in [1.54, 1.807) is 47.8 Å². The minimum atomic E-state index is -0.985. The topological polar surface area (TPSA) is 106 Å². The molecule has 2 atom stereocenters. The maximum atomic E-state index is 12.4. The molecule has 1 aliphatic heterocycles. The number of ether oxygens (including phenoxy) is 2. The van der Waals surface area contributed by atoms with E-state index in [1.165, 1.54) is 0 Å². The van der Waals surface area contributed by atoms with Crippen molar-refractivity contribution in [1.29, 1.82) is 0 Å². The Labute approximate surface area is 142 Å². The second kappa shape index (κ2) is 7.63. The molecule has 2 N–H and O–H groups in total. The van der Waals surface area contributed by atoms with E-state index in [9.17, 15) is 14.4 Å². The molecule has 0 aliphatic carbocycles. The van der Waals surface area contributed by atoms with Crippen LogP contribution in [0.4, 0.5) is 4.79 Å². The Morgan fingerprint density at radius 2 is 1.83 bits per heavy atom. The van der Waals surface area contributed by atoms with Crippen LogP contribution < -0.4 is 10.7 Å². The molecule has 0 fully saturated rings. The largest absolute Gasteiger partial charge is 0.458 e. The van der Waals surface area contributed by atoms with Crippen molar-refractivity contribution in [3.8, 4) is 0 Å². The summed E-state index contributed by atoms with van der Waals surface area (Å²) in [5, 5.41) is 6.18. The van der Waals surface area contributed by atoms with Crippen molar-refractivity contribution in [2.75, 3.05) is 0 Å². The zero-order valence-corrected chi connectivity index (χ0v) is 15.1. The molecule has 0 saturated heterocycles. The Morgan fingerprint density at radius 3 is 2.33 bits per heavy atom. The fourth-order valence-electron chi connectivity index (χ4n) is 2.01. The van der Waals surface area contributed by atoms with E-state index in [2.05, 4.69) is 15.8 Å². The molecule has 0 bridgehead atoms. The number of carbonyl (C=O) groups excluding carboxylic acids is 3. The zero-order chi connectivity index (χ0) is 18.5. The number of nitrogens with zero attached hydrogens (tertiary/aromatic N) is 1. The van der Waals surface area contributed by atoms with Gasteiger partial charge in [0.05, 0.1) is 0 Å². The molecule has 24 heavy (non-hydrogen) atoms. The summed E-state index contributed by atoms with van der Waals surface area (Å²) in [5.41, 5.74) is 0.947. The standard InChI is InChI=1S/C16H27N3O5/c1-15(2,3)23-13(21)11(18-14(22)24-16(4,5)6)9-10-7-8-17-19-12(10)20/h8,10-11H,7,9H2,1-6H3,(H,18,22)(H,19,20)/t10-,11+/m1/s1. The SMILES string of the molecule is CC(C)(C)OC(=O)N[C@@H](C[C@H]1CC=NNC1=O)C(=O)OC(C)(C)C. The second-order valence-electron chi connectivity index (χ2n) is 7.69. The normalized spacial score (nSPS) is 19.2. The van der Waals surface area contributed by atoms with Crippen molar-refractivity contribution in [3.05, 3.63) is 0 Å². The molecule has 0 saturated carbocycles. The molecule has 1 heterocycles. The number of hydrazone groups is 1. The second-order valence-corrected chi connectivity index (χ2v) is 7.69. The quantitative estimate of drug-likeness (QED) is 0.758. The number of nitrogens with one attached hydrogen (secondary N) is 2. The Balaban J connectivity index is 2.82. The smallest absolute Gasteiger partial charge is 0.408 e. The van der Waals surface area contributed by atoms with Crippen LogP contribution in [0.1, 0.15) is 54.4 Å². The van der Waals surface area contributed by atoms with E-state index in [0.29, 0.717) is 6.42 Å². The number of esters is 1. The number of carbonyl (C=O) groups is 3. The number of amides is 2. The summed E-state index contributed by atoms with van der Waals surface area (Å²) in [6.07, 6.45) is 1.32. The molecule has 0 unspecified atom stereocenters. The van der Waals surface area contributed by atoms with Gasteiger partial charge < -0.3 is 14.8 Å². The maximum absolute atomic E-state index is 12.4. The highest BCUT2D eigenvalue weighted by molar-refractivity contribution is 5.87. The summed E-state index contributed by atoms with van der Waals surface area (Å²) in [6.45, 7) is 10.4. The van der Waals surface area contributed by atoms with Crippen LogP contribution in [-0.4, -0.2) is 41.4 Å². The molecule has 0 radical (unpaired) electrons. The highest BCUT2D eigenvalue weighted by atomic mass is 16.6. The lowest BCUT2D eigenvalue weighted by molar-refractivity contribution is -0.158. The van der Waals surface area contributed by atoms with Crippen molar-refractivity contribution in [2.24, 2.45) is 11.0 Å². The minimum Gasteiger partial charge on any atom is -0.458 e. The molecule has 0 aromatic rings. The Morgan fingerprint density at radius 1 is 1.25 bits per heavy atom. The first-order valence-electron chi connectivity index (χ1n) is 7.91. The number of hydrogen-bond donors (Lipinski definition) is 2. The highest BCUT2D eigenvalue weighted by Gasteiger charge is 2.33. The van der Waals surface area contributed by atoms with Crippen LogP contribution in [0.25, 0.3) is 0 Å². The summed E-state index contributed by atoms with van der Waals surface area (Å²) in [4.78, 5) is 36.2. The van der Waals surface area contributed by atoms with Gasteiger partial charge in [-0.05, 0) is 54.4 Å². The lowest BCUT2D eigenvalue weighted by Crippen LogP contribution is -2.48. The molecule has 1 aliphatic rings. The molecule has 0 spiro atoms. The van der Waals surface area contributed by atoms with Crippen LogP contribution in [0, 0.1) is 5.92 Å². The average molecular weight is 341 g/mol. The van der Waals surface area contributed by atoms with Gasteiger partial charge in [-0.3, -0.25) is 4.79 Å². The van der Waals surface area contributed by atoms with E-state index >= 15 is 0 Å². The third-order valence-electron chi connectivity index (χ3n) is 2.93. The first kappa shape index (κ1) is 19.9. The van der Waals surface area contributed by atoms with Crippen LogP contribution in [0.2, 0.25) is 0 Å². The van der Waals surface area contributed by atoms with Gasteiger partial charge in [0.1, 0.15) is 17.2 Å². The Kier molecular flexibility index (Phi) is 6.34. The Bertz CT molecular complexity index is 517. The fraction of sp³-hybridized carbons (Fsp3) is 0.750. The van der Waals surface area contributed by atoms with Crippen molar-refractivity contribution in [3.63, 3.8) is 0 Å². The number of alkyl carbamates (subject to hydrolysis) is 1. The van der Waals surface area contributed by atoms with Gasteiger partial charge in [-0.15, -0.1) is 0 Å². The van der Waals surface area contributed by atoms with Gasteiger partial charge in [-0.25, -0.2) is 15.0 Å². The monoisotopic (exact) mass is 341 g/mol. The van der Waals surface area contributed by atoms with Crippen molar-refractivity contribution in [1.82, 2.24) is 10.7 Å². The van der Waals surface area contributed by atoms with E-state index in [-0.39, 0.29) is 12.3 Å². The lowest BCUT2D eigenvalue weighted by Gasteiger charge is -2.28. The van der Waals surface area contributed by atoms with E-state index in [1.807, 2.05) is 0 Å². The third kappa shape index (κ3) is 7.43. The number of hydrogen-bond acceptors (Lipinski definition) is 6. The summed E-state index contributed by atoms with van der Waals surface area (Å²) in [5.74, 6) is -1.38. The van der Waals surface area contributed by atoms with Gasteiger partial charge in [0.2, 0.25) is 5.91 Å². The molecular weight excluding hydrogens is 314 g/mol. The first-order valence-corrected chi connectivity index (χ1v) is 7.91. The van der Waals surface area contributed by atoms with Gasteiger partial charge in [-0.1, -0.05) is 0 Å². The fourth-order valence-corrected chi connectivity index (χ4v) is 2.01. The average Bonchev–Trinajstić information content (AvgIpc) is 2.36. The predicted molar refractivity (Wildman–Crippen MR) is 88.4 cm³/mol. The third-order valence-corrected chi connectivity index (χ3v) is 2.93. The van der Waals surface area contributed by atoms with Crippen LogP contribution in [0.15, 0.2) is 5.10 Å². The van der Waals surface area contributed by atoms with Gasteiger partial charge >= 0.3 is 12.1 Å².